The van der Waals surface area contributed by atoms with E-state index in [4.69, 9.17) is 0 Å². The smallest absolute Gasteiger partial charge is 0.347 e. The maximum atomic E-state index is 13.9. The average Bonchev–Trinajstić information content (AvgIpc) is 2.71. The fraction of sp³-hybridized carbons (Fsp3) is 0.286. The van der Waals surface area contributed by atoms with Crippen molar-refractivity contribution in [1.29, 1.82) is 0 Å². The van der Waals surface area contributed by atoms with Gasteiger partial charge in [-0.2, -0.15) is 0 Å². The van der Waals surface area contributed by atoms with Crippen molar-refractivity contribution >= 4 is 33.2 Å². The summed E-state index contributed by atoms with van der Waals surface area (Å²) < 4.78 is 14.5. The van der Waals surface area contributed by atoms with Crippen LogP contribution in [0.25, 0.3) is 10.6 Å². The van der Waals surface area contributed by atoms with Crippen molar-refractivity contribution in [1.82, 2.24) is 4.98 Å². The zero-order valence-corrected chi connectivity index (χ0v) is 13.4. The van der Waals surface area contributed by atoms with E-state index in [2.05, 4.69) is 20.9 Å². The molecule has 1 aromatic carbocycles. The van der Waals surface area contributed by atoms with Crippen molar-refractivity contribution in [3.63, 3.8) is 0 Å². The fourth-order valence-electron chi connectivity index (χ4n) is 1.85. The Kier molecular flexibility index (Phi) is 4.55. The zero-order valence-electron chi connectivity index (χ0n) is 11.0. The third-order valence-electron chi connectivity index (χ3n) is 2.67. The number of nitrogens with zero attached hydrogens (tertiary/aromatic N) is 1. The number of hydrogen-bond acceptors (Lipinski definition) is 3. The molecule has 2 aromatic rings. The van der Waals surface area contributed by atoms with Crippen LogP contribution in [-0.4, -0.2) is 16.1 Å². The third-order valence-corrected chi connectivity index (χ3v) is 4.43. The minimum absolute atomic E-state index is 0.184. The molecular formula is C14H13BrFNO2S. The highest BCUT2D eigenvalue weighted by Gasteiger charge is 2.21. The van der Waals surface area contributed by atoms with Crippen LogP contribution < -0.4 is 0 Å². The predicted molar refractivity (Wildman–Crippen MR) is 80.7 cm³/mol. The Morgan fingerprint density at radius 3 is 2.75 bits per heavy atom. The van der Waals surface area contributed by atoms with Crippen molar-refractivity contribution in [2.45, 2.75) is 20.3 Å². The molecule has 0 saturated carbocycles. The van der Waals surface area contributed by atoms with E-state index in [1.165, 1.54) is 6.07 Å². The molecule has 0 amide bonds. The molecule has 1 N–H and O–H groups in total. The van der Waals surface area contributed by atoms with Crippen LogP contribution in [0.4, 0.5) is 4.39 Å². The number of carboxylic acid groups (broad SMARTS) is 1. The Bertz CT molecular complexity index is 634. The van der Waals surface area contributed by atoms with Gasteiger partial charge < -0.3 is 5.11 Å². The van der Waals surface area contributed by atoms with Gasteiger partial charge in [-0.25, -0.2) is 14.2 Å². The summed E-state index contributed by atoms with van der Waals surface area (Å²) in [7, 11) is 0. The van der Waals surface area contributed by atoms with E-state index in [0.29, 0.717) is 27.2 Å². The van der Waals surface area contributed by atoms with Crippen molar-refractivity contribution in [2.24, 2.45) is 5.92 Å². The predicted octanol–water partition coefficient (Wildman–Crippen LogP) is 4.61. The minimum Gasteiger partial charge on any atom is -0.477 e. The number of thiazole rings is 1. The summed E-state index contributed by atoms with van der Waals surface area (Å²) in [5.41, 5.74) is 0.831. The van der Waals surface area contributed by atoms with Crippen molar-refractivity contribution in [3.8, 4) is 10.6 Å². The van der Waals surface area contributed by atoms with Crippen LogP contribution in [0.1, 0.15) is 29.2 Å². The first-order valence-electron chi connectivity index (χ1n) is 6.07. The lowest BCUT2D eigenvalue weighted by Gasteiger charge is -2.02. The largest absolute Gasteiger partial charge is 0.477 e. The van der Waals surface area contributed by atoms with Crippen LogP contribution in [0.15, 0.2) is 22.7 Å². The van der Waals surface area contributed by atoms with Gasteiger partial charge in [-0.05, 0) is 40.4 Å². The van der Waals surface area contributed by atoms with Crippen LogP contribution in [0, 0.1) is 11.7 Å². The summed E-state index contributed by atoms with van der Waals surface area (Å²) in [6.45, 7) is 3.98. The van der Waals surface area contributed by atoms with Crippen molar-refractivity contribution < 1.29 is 14.3 Å². The monoisotopic (exact) mass is 357 g/mol. The SMILES string of the molecule is CC(C)Cc1nc(-c2c(F)cccc2Br)sc1C(=O)O. The lowest BCUT2D eigenvalue weighted by atomic mass is 10.1. The van der Waals surface area contributed by atoms with Gasteiger partial charge in [0.1, 0.15) is 15.7 Å². The number of halogens is 2. The Morgan fingerprint density at radius 1 is 1.50 bits per heavy atom. The molecule has 0 aliphatic heterocycles. The second kappa shape index (κ2) is 6.01. The summed E-state index contributed by atoms with van der Waals surface area (Å²) in [6.07, 6.45) is 0.560. The number of aromatic nitrogens is 1. The van der Waals surface area contributed by atoms with Gasteiger partial charge in [-0.15, -0.1) is 11.3 Å². The van der Waals surface area contributed by atoms with Gasteiger partial charge in [-0.1, -0.05) is 19.9 Å². The van der Waals surface area contributed by atoms with E-state index in [1.54, 1.807) is 12.1 Å². The van der Waals surface area contributed by atoms with Crippen LogP contribution in [0.2, 0.25) is 0 Å². The molecule has 0 fully saturated rings. The maximum absolute atomic E-state index is 13.9. The topological polar surface area (TPSA) is 50.2 Å². The number of rotatable bonds is 4. The normalized spacial score (nSPS) is 11.1. The number of carboxylic acids is 1. The molecule has 0 aliphatic rings. The van der Waals surface area contributed by atoms with E-state index >= 15 is 0 Å². The molecule has 0 bridgehead atoms. The first-order valence-corrected chi connectivity index (χ1v) is 7.68. The molecular weight excluding hydrogens is 345 g/mol. The number of benzene rings is 1. The van der Waals surface area contributed by atoms with Gasteiger partial charge in [0, 0.05) is 4.47 Å². The standard InChI is InChI=1S/C14H13BrFNO2S/c1-7(2)6-10-12(14(18)19)20-13(17-10)11-8(15)4-3-5-9(11)16/h3-5,7H,6H2,1-2H3,(H,18,19). The van der Waals surface area contributed by atoms with Crippen LogP contribution in [0.5, 0.6) is 0 Å². The molecule has 0 saturated heterocycles. The minimum atomic E-state index is -1.02. The van der Waals surface area contributed by atoms with Gasteiger partial charge in [0.05, 0.1) is 11.3 Å². The lowest BCUT2D eigenvalue weighted by molar-refractivity contribution is 0.0700. The first-order chi connectivity index (χ1) is 9.40. The van der Waals surface area contributed by atoms with Gasteiger partial charge in [0.25, 0.3) is 0 Å². The molecule has 1 aromatic heterocycles. The van der Waals surface area contributed by atoms with Gasteiger partial charge >= 0.3 is 5.97 Å². The van der Waals surface area contributed by atoms with Crippen LogP contribution >= 0.6 is 27.3 Å². The van der Waals surface area contributed by atoms with Gasteiger partial charge in [0.15, 0.2) is 0 Å². The van der Waals surface area contributed by atoms with Crippen molar-refractivity contribution in [3.05, 3.63) is 39.1 Å². The third kappa shape index (κ3) is 3.07. The quantitative estimate of drug-likeness (QED) is 0.869. The molecule has 0 spiro atoms. The average molecular weight is 358 g/mol. The molecule has 3 nitrogen and oxygen atoms in total. The summed E-state index contributed by atoms with van der Waals surface area (Å²) in [4.78, 5) is 15.8. The molecule has 20 heavy (non-hydrogen) atoms. The highest BCUT2D eigenvalue weighted by atomic mass is 79.9. The maximum Gasteiger partial charge on any atom is 0.347 e. The number of hydrogen-bond donors (Lipinski definition) is 1. The molecule has 0 radical (unpaired) electrons. The first kappa shape index (κ1) is 15.1. The second-order valence-electron chi connectivity index (χ2n) is 4.79. The zero-order chi connectivity index (χ0) is 14.9. The van der Waals surface area contributed by atoms with E-state index in [-0.39, 0.29) is 10.8 Å². The summed E-state index contributed by atoms with van der Waals surface area (Å²) in [6, 6.07) is 4.64. The molecule has 106 valence electrons. The molecule has 1 heterocycles. The number of carbonyl (C=O) groups is 1. The molecule has 0 aliphatic carbocycles. The van der Waals surface area contributed by atoms with Gasteiger partial charge in [0.2, 0.25) is 0 Å². The number of aromatic carboxylic acids is 1. The van der Waals surface area contributed by atoms with Gasteiger partial charge in [-0.3, -0.25) is 0 Å². The molecule has 6 heteroatoms. The van der Waals surface area contributed by atoms with Crippen LogP contribution in [0.3, 0.4) is 0 Å². The van der Waals surface area contributed by atoms with E-state index in [9.17, 15) is 14.3 Å². The summed E-state index contributed by atoms with van der Waals surface area (Å²) in [5.74, 6) is -1.15. The molecule has 2 rings (SSSR count). The Balaban J connectivity index is 2.56. The molecule has 0 atom stereocenters. The van der Waals surface area contributed by atoms with E-state index < -0.39 is 11.8 Å². The van der Waals surface area contributed by atoms with E-state index in [1.807, 2.05) is 13.8 Å². The second-order valence-corrected chi connectivity index (χ2v) is 6.65. The Morgan fingerprint density at radius 2 is 2.20 bits per heavy atom. The lowest BCUT2D eigenvalue weighted by Crippen LogP contribution is -2.02. The Labute approximate surface area is 128 Å². The fourth-order valence-corrected chi connectivity index (χ4v) is 3.51. The summed E-state index contributed by atoms with van der Waals surface area (Å²) in [5, 5.41) is 9.63. The highest BCUT2D eigenvalue weighted by Crippen LogP contribution is 2.35. The Hall–Kier alpha value is -1.27. The highest BCUT2D eigenvalue weighted by molar-refractivity contribution is 9.10. The van der Waals surface area contributed by atoms with Crippen LogP contribution in [-0.2, 0) is 6.42 Å². The summed E-state index contributed by atoms with van der Waals surface area (Å²) >= 11 is 4.30. The van der Waals surface area contributed by atoms with Crippen molar-refractivity contribution in [2.75, 3.05) is 0 Å². The molecule has 0 unspecified atom stereocenters. The van der Waals surface area contributed by atoms with E-state index in [0.717, 1.165) is 11.3 Å².